The van der Waals surface area contributed by atoms with Gasteiger partial charge in [0.1, 0.15) is 9.79 Å². The molecule has 0 fully saturated rings. The molecule has 0 radical (unpaired) electrons. The third-order valence-electron chi connectivity index (χ3n) is 8.70. The number of amides is 4. The number of benzene rings is 6. The highest BCUT2D eigenvalue weighted by Crippen LogP contribution is 2.27. The zero-order chi connectivity index (χ0) is 43.2. The standard InChI is InChI=1S/C42H34N6O10S2/c43-31-13-3-27(4-14-31)39(49)45-33-17-9-29(10-18-33)41(51)47-35-21-7-25(37(23-35)59(53,54)55)1-2-26-8-22-36(24-38(26)60(56,57)58)48-42(52)30-11-19-34(20-12-30)46-40(50)28-5-15-32(44)16-6-28/h1-24H,43-44H2,(H,45,49)(H,46,50)(H,47,51)(H,48,52)(H,53,54,55)(H,56,57,58)/b2-1-. The van der Waals surface area contributed by atoms with Gasteiger partial charge in [-0.3, -0.25) is 28.3 Å². The van der Waals surface area contributed by atoms with E-state index in [1.807, 2.05) is 0 Å². The Morgan fingerprint density at radius 2 is 0.650 bits per heavy atom. The fraction of sp³-hybridized carbons (Fsp3) is 0. The number of nitrogens with two attached hydrogens (primary N) is 2. The van der Waals surface area contributed by atoms with Crippen molar-refractivity contribution in [3.63, 3.8) is 0 Å². The highest BCUT2D eigenvalue weighted by molar-refractivity contribution is 7.86. The van der Waals surface area contributed by atoms with Gasteiger partial charge in [0.25, 0.3) is 43.9 Å². The van der Waals surface area contributed by atoms with Crippen LogP contribution >= 0.6 is 0 Å². The van der Waals surface area contributed by atoms with Crippen LogP contribution in [0.2, 0.25) is 0 Å². The summed E-state index contributed by atoms with van der Waals surface area (Å²) < 4.78 is 69.7. The highest BCUT2D eigenvalue weighted by Gasteiger charge is 2.19. The average Bonchev–Trinajstić information content (AvgIpc) is 3.21. The van der Waals surface area contributed by atoms with Gasteiger partial charge >= 0.3 is 0 Å². The predicted octanol–water partition coefficient (Wildman–Crippen LogP) is 6.52. The van der Waals surface area contributed by atoms with E-state index in [1.54, 1.807) is 48.5 Å². The molecule has 0 aliphatic heterocycles. The van der Waals surface area contributed by atoms with Gasteiger partial charge in [0.2, 0.25) is 0 Å². The van der Waals surface area contributed by atoms with Crippen LogP contribution in [0.5, 0.6) is 0 Å². The second kappa shape index (κ2) is 17.5. The lowest BCUT2D eigenvalue weighted by atomic mass is 10.1. The van der Waals surface area contributed by atoms with Crippen LogP contribution in [-0.4, -0.2) is 49.6 Å². The molecular weight excluding hydrogens is 813 g/mol. The molecule has 4 amide bonds. The van der Waals surface area contributed by atoms with E-state index in [-0.39, 0.29) is 33.6 Å². The number of nitrogen functional groups attached to an aromatic ring is 2. The minimum atomic E-state index is -4.90. The van der Waals surface area contributed by atoms with Crippen molar-refractivity contribution in [1.29, 1.82) is 0 Å². The molecule has 0 aliphatic rings. The molecule has 0 saturated carbocycles. The van der Waals surface area contributed by atoms with Crippen LogP contribution in [0.15, 0.2) is 143 Å². The Hall–Kier alpha value is -7.64. The SMILES string of the molecule is Nc1ccc(C(=O)Nc2ccc(C(=O)Nc3ccc(/C=C\c4ccc(NC(=O)c5ccc(NC(=O)c6ccc(N)cc6)cc5)cc4S(=O)(=O)O)c(S(=O)(=O)O)c3)cc2)cc1. The maximum atomic E-state index is 13.0. The zero-order valence-electron chi connectivity index (χ0n) is 31.0. The molecule has 18 heteroatoms. The molecule has 0 aromatic heterocycles. The fourth-order valence-corrected chi connectivity index (χ4v) is 7.04. The first-order valence-corrected chi connectivity index (χ1v) is 20.4. The van der Waals surface area contributed by atoms with E-state index in [4.69, 9.17) is 11.5 Å². The van der Waals surface area contributed by atoms with E-state index >= 15 is 0 Å². The maximum Gasteiger partial charge on any atom is 0.295 e. The zero-order valence-corrected chi connectivity index (χ0v) is 32.6. The predicted molar refractivity (Wildman–Crippen MR) is 228 cm³/mol. The second-order valence-electron chi connectivity index (χ2n) is 13.0. The van der Waals surface area contributed by atoms with E-state index in [1.165, 1.54) is 84.9 Å². The quantitative estimate of drug-likeness (QED) is 0.0371. The molecule has 6 rings (SSSR count). The lowest BCUT2D eigenvalue weighted by Crippen LogP contribution is -2.14. The number of hydrogen-bond acceptors (Lipinski definition) is 10. The van der Waals surface area contributed by atoms with Crippen LogP contribution < -0.4 is 32.7 Å². The van der Waals surface area contributed by atoms with Crippen LogP contribution in [0.1, 0.15) is 52.6 Å². The Kier molecular flexibility index (Phi) is 12.2. The van der Waals surface area contributed by atoms with Crippen molar-refractivity contribution in [2.45, 2.75) is 9.79 Å². The van der Waals surface area contributed by atoms with E-state index in [0.717, 1.165) is 12.1 Å². The second-order valence-corrected chi connectivity index (χ2v) is 15.8. The van der Waals surface area contributed by atoms with Crippen molar-refractivity contribution < 1.29 is 45.1 Å². The van der Waals surface area contributed by atoms with E-state index < -0.39 is 53.7 Å². The fourth-order valence-electron chi connectivity index (χ4n) is 5.62. The molecule has 0 bridgehead atoms. The van der Waals surface area contributed by atoms with Crippen LogP contribution in [0.3, 0.4) is 0 Å². The average molecular weight is 847 g/mol. The third kappa shape index (κ3) is 10.6. The summed E-state index contributed by atoms with van der Waals surface area (Å²) in [7, 11) is -9.80. The lowest BCUT2D eigenvalue weighted by molar-refractivity contribution is 0.101. The largest absolute Gasteiger partial charge is 0.399 e. The van der Waals surface area contributed by atoms with Crippen LogP contribution in [-0.2, 0) is 20.2 Å². The Labute approximate surface area is 343 Å². The summed E-state index contributed by atoms with van der Waals surface area (Å²) in [5, 5.41) is 10.5. The molecule has 0 saturated heterocycles. The Balaban J connectivity index is 1.13. The molecule has 0 aliphatic carbocycles. The van der Waals surface area contributed by atoms with Gasteiger partial charge in [-0.2, -0.15) is 16.8 Å². The number of hydrogen-bond donors (Lipinski definition) is 8. The molecule has 16 nitrogen and oxygen atoms in total. The van der Waals surface area contributed by atoms with Crippen molar-refractivity contribution in [2.75, 3.05) is 32.7 Å². The van der Waals surface area contributed by atoms with Gasteiger partial charge in [0.15, 0.2) is 0 Å². The first kappa shape index (κ1) is 42.0. The molecule has 0 atom stereocenters. The van der Waals surface area contributed by atoms with Gasteiger partial charge in [0, 0.05) is 56.4 Å². The van der Waals surface area contributed by atoms with Gasteiger partial charge in [-0.25, -0.2) is 0 Å². The van der Waals surface area contributed by atoms with Crippen molar-refractivity contribution in [3.8, 4) is 0 Å². The highest BCUT2D eigenvalue weighted by atomic mass is 32.2. The third-order valence-corrected chi connectivity index (χ3v) is 10.5. The Bertz CT molecular complexity index is 2690. The molecule has 0 unspecified atom stereocenters. The molecule has 304 valence electrons. The smallest absolute Gasteiger partial charge is 0.295 e. The molecule has 6 aromatic rings. The first-order valence-electron chi connectivity index (χ1n) is 17.5. The van der Waals surface area contributed by atoms with Gasteiger partial charge in [-0.05, 0) is 132 Å². The van der Waals surface area contributed by atoms with Crippen LogP contribution in [0.25, 0.3) is 12.2 Å². The molecule has 10 N–H and O–H groups in total. The Morgan fingerprint density at radius 3 is 0.933 bits per heavy atom. The van der Waals surface area contributed by atoms with Gasteiger partial charge in [-0.15, -0.1) is 0 Å². The van der Waals surface area contributed by atoms with Crippen molar-refractivity contribution in [2.24, 2.45) is 0 Å². The van der Waals surface area contributed by atoms with Gasteiger partial charge in [0.05, 0.1) is 0 Å². The number of nitrogens with one attached hydrogen (secondary N) is 4. The number of carbonyl (C=O) groups excluding carboxylic acids is 4. The van der Waals surface area contributed by atoms with Crippen molar-refractivity contribution >= 4 is 90.1 Å². The van der Waals surface area contributed by atoms with E-state index in [2.05, 4.69) is 21.3 Å². The molecule has 0 spiro atoms. The summed E-state index contributed by atoms with van der Waals surface area (Å²) in [4.78, 5) is 49.7. The number of rotatable bonds is 12. The molecule has 0 heterocycles. The van der Waals surface area contributed by atoms with Gasteiger partial charge < -0.3 is 32.7 Å². The topological polar surface area (TPSA) is 277 Å². The summed E-state index contributed by atoms with van der Waals surface area (Å²) in [6, 6.07) is 31.5. The van der Waals surface area contributed by atoms with Crippen molar-refractivity contribution in [3.05, 3.63) is 167 Å². The van der Waals surface area contributed by atoms with Crippen molar-refractivity contribution in [1.82, 2.24) is 0 Å². The van der Waals surface area contributed by atoms with Crippen LogP contribution in [0, 0.1) is 0 Å². The lowest BCUT2D eigenvalue weighted by Gasteiger charge is -2.11. The minimum Gasteiger partial charge on any atom is -0.399 e. The molecule has 60 heavy (non-hydrogen) atoms. The number of anilines is 6. The molecule has 6 aromatic carbocycles. The maximum absolute atomic E-state index is 13.0. The summed E-state index contributed by atoms with van der Waals surface area (Å²) >= 11 is 0. The van der Waals surface area contributed by atoms with E-state index in [0.29, 0.717) is 33.9 Å². The van der Waals surface area contributed by atoms with Crippen LogP contribution in [0.4, 0.5) is 34.1 Å². The summed E-state index contributed by atoms with van der Waals surface area (Å²) in [5.41, 5.74) is 13.9. The molecular formula is C42H34N6O10S2. The first-order chi connectivity index (χ1) is 28.4. The minimum absolute atomic E-state index is 0.0122. The Morgan fingerprint density at radius 1 is 0.400 bits per heavy atom. The normalized spacial score (nSPS) is 11.4. The summed E-state index contributed by atoms with van der Waals surface area (Å²) in [5.74, 6) is -2.07. The van der Waals surface area contributed by atoms with Gasteiger partial charge in [-0.1, -0.05) is 24.3 Å². The number of carbonyl (C=O) groups is 4. The summed E-state index contributed by atoms with van der Waals surface area (Å²) in [6.07, 6.45) is 2.34. The monoisotopic (exact) mass is 846 g/mol. The van der Waals surface area contributed by atoms with E-state index in [9.17, 15) is 45.1 Å². The summed E-state index contributed by atoms with van der Waals surface area (Å²) in [6.45, 7) is 0.